The van der Waals surface area contributed by atoms with Crippen molar-refractivity contribution < 1.29 is 19.4 Å². The second-order valence-electron chi connectivity index (χ2n) is 4.72. The molecule has 1 amide bonds. The molecule has 0 spiro atoms. The SMILES string of the molecule is O=C(O)CCN(C(=O)c1ccncc1)C1CCOCC1. The van der Waals surface area contributed by atoms with Crippen LogP contribution in [0.5, 0.6) is 0 Å². The van der Waals surface area contributed by atoms with Crippen LogP contribution in [0.2, 0.25) is 0 Å². The lowest BCUT2D eigenvalue weighted by molar-refractivity contribution is -0.137. The maximum atomic E-state index is 12.5. The van der Waals surface area contributed by atoms with E-state index in [9.17, 15) is 9.59 Å². The summed E-state index contributed by atoms with van der Waals surface area (Å²) in [4.78, 5) is 28.8. The van der Waals surface area contributed by atoms with Crippen LogP contribution >= 0.6 is 0 Å². The molecule has 1 aromatic heterocycles. The quantitative estimate of drug-likeness (QED) is 0.874. The Morgan fingerprint density at radius 2 is 1.95 bits per heavy atom. The van der Waals surface area contributed by atoms with Gasteiger partial charge in [-0.3, -0.25) is 14.6 Å². The topological polar surface area (TPSA) is 79.7 Å². The monoisotopic (exact) mass is 278 g/mol. The van der Waals surface area contributed by atoms with Gasteiger partial charge < -0.3 is 14.7 Å². The molecule has 0 unspecified atom stereocenters. The Balaban J connectivity index is 2.12. The molecule has 1 aliphatic heterocycles. The molecule has 0 aliphatic carbocycles. The molecule has 0 bridgehead atoms. The first-order chi connectivity index (χ1) is 9.68. The van der Waals surface area contributed by atoms with Crippen LogP contribution in [0.25, 0.3) is 0 Å². The van der Waals surface area contributed by atoms with E-state index in [0.717, 1.165) is 12.8 Å². The Bertz CT molecular complexity index is 458. The van der Waals surface area contributed by atoms with Crippen molar-refractivity contribution in [2.24, 2.45) is 0 Å². The number of carbonyl (C=O) groups is 2. The highest BCUT2D eigenvalue weighted by atomic mass is 16.5. The van der Waals surface area contributed by atoms with Crippen molar-refractivity contribution in [3.63, 3.8) is 0 Å². The zero-order chi connectivity index (χ0) is 14.4. The number of nitrogens with zero attached hydrogens (tertiary/aromatic N) is 2. The molecule has 1 aliphatic rings. The average Bonchev–Trinajstić information content (AvgIpc) is 2.49. The molecule has 0 saturated carbocycles. The molecule has 1 aromatic rings. The fraction of sp³-hybridized carbons (Fsp3) is 0.500. The van der Waals surface area contributed by atoms with Crippen molar-refractivity contribution in [3.8, 4) is 0 Å². The van der Waals surface area contributed by atoms with Crippen LogP contribution in [-0.4, -0.2) is 52.7 Å². The first kappa shape index (κ1) is 14.5. The molecular weight excluding hydrogens is 260 g/mol. The first-order valence-electron chi connectivity index (χ1n) is 6.69. The third-order valence-electron chi connectivity index (χ3n) is 3.39. The van der Waals surface area contributed by atoms with Crippen LogP contribution in [-0.2, 0) is 9.53 Å². The number of ether oxygens (including phenoxy) is 1. The summed E-state index contributed by atoms with van der Waals surface area (Å²) >= 11 is 0. The maximum Gasteiger partial charge on any atom is 0.305 e. The summed E-state index contributed by atoms with van der Waals surface area (Å²) < 4.78 is 5.30. The molecule has 108 valence electrons. The highest BCUT2D eigenvalue weighted by Crippen LogP contribution is 2.17. The van der Waals surface area contributed by atoms with Gasteiger partial charge in [-0.05, 0) is 25.0 Å². The van der Waals surface area contributed by atoms with Gasteiger partial charge in [-0.2, -0.15) is 0 Å². The number of aromatic nitrogens is 1. The van der Waals surface area contributed by atoms with Crippen LogP contribution in [0.3, 0.4) is 0 Å². The second kappa shape index (κ2) is 7.00. The molecule has 1 fully saturated rings. The van der Waals surface area contributed by atoms with Gasteiger partial charge in [-0.1, -0.05) is 0 Å². The molecule has 2 rings (SSSR count). The zero-order valence-electron chi connectivity index (χ0n) is 11.2. The lowest BCUT2D eigenvalue weighted by Crippen LogP contribution is -2.44. The van der Waals surface area contributed by atoms with E-state index in [1.54, 1.807) is 29.4 Å². The van der Waals surface area contributed by atoms with E-state index >= 15 is 0 Å². The number of rotatable bonds is 5. The second-order valence-corrected chi connectivity index (χ2v) is 4.72. The van der Waals surface area contributed by atoms with Gasteiger partial charge in [-0.15, -0.1) is 0 Å². The number of amides is 1. The Kier molecular flexibility index (Phi) is 5.06. The van der Waals surface area contributed by atoms with E-state index in [-0.39, 0.29) is 24.9 Å². The van der Waals surface area contributed by atoms with Crippen molar-refractivity contribution in [1.29, 1.82) is 0 Å². The molecular formula is C14H18N2O4. The van der Waals surface area contributed by atoms with Gasteiger partial charge >= 0.3 is 5.97 Å². The number of aliphatic carboxylic acids is 1. The van der Waals surface area contributed by atoms with Gasteiger partial charge in [0, 0.05) is 43.8 Å². The van der Waals surface area contributed by atoms with Gasteiger partial charge in [0.1, 0.15) is 0 Å². The lowest BCUT2D eigenvalue weighted by Gasteiger charge is -2.34. The zero-order valence-corrected chi connectivity index (χ0v) is 11.2. The molecule has 1 saturated heterocycles. The van der Waals surface area contributed by atoms with E-state index in [1.807, 2.05) is 0 Å². The van der Waals surface area contributed by atoms with Crippen LogP contribution in [0, 0.1) is 0 Å². The minimum atomic E-state index is -0.899. The third-order valence-corrected chi connectivity index (χ3v) is 3.39. The summed E-state index contributed by atoms with van der Waals surface area (Å²) in [6.07, 6.45) is 4.57. The average molecular weight is 278 g/mol. The maximum absolute atomic E-state index is 12.5. The lowest BCUT2D eigenvalue weighted by atomic mass is 10.1. The first-order valence-corrected chi connectivity index (χ1v) is 6.69. The van der Waals surface area contributed by atoms with E-state index in [2.05, 4.69) is 4.98 Å². The van der Waals surface area contributed by atoms with Gasteiger partial charge in [0.2, 0.25) is 0 Å². The van der Waals surface area contributed by atoms with E-state index in [1.165, 1.54) is 0 Å². The van der Waals surface area contributed by atoms with E-state index in [4.69, 9.17) is 9.84 Å². The minimum absolute atomic E-state index is 0.0452. The van der Waals surface area contributed by atoms with Crippen molar-refractivity contribution in [2.45, 2.75) is 25.3 Å². The predicted molar refractivity (Wildman–Crippen MR) is 71.4 cm³/mol. The molecule has 0 aromatic carbocycles. The van der Waals surface area contributed by atoms with E-state index in [0.29, 0.717) is 18.8 Å². The minimum Gasteiger partial charge on any atom is -0.481 e. The summed E-state index contributed by atoms with van der Waals surface area (Å²) in [5, 5.41) is 8.84. The summed E-state index contributed by atoms with van der Waals surface area (Å²) in [6.45, 7) is 1.44. The molecule has 2 heterocycles. The number of carbonyl (C=O) groups excluding carboxylic acids is 1. The highest BCUT2D eigenvalue weighted by Gasteiger charge is 2.26. The highest BCUT2D eigenvalue weighted by molar-refractivity contribution is 5.94. The summed E-state index contributed by atoms with van der Waals surface area (Å²) in [5.41, 5.74) is 0.539. The number of carboxylic acids is 1. The van der Waals surface area contributed by atoms with Crippen LogP contribution in [0.1, 0.15) is 29.6 Å². The molecule has 20 heavy (non-hydrogen) atoms. The van der Waals surface area contributed by atoms with Gasteiger partial charge in [0.25, 0.3) is 5.91 Å². The molecule has 6 heteroatoms. The fourth-order valence-electron chi connectivity index (χ4n) is 2.32. The predicted octanol–water partition coefficient (Wildman–Crippen LogP) is 1.18. The van der Waals surface area contributed by atoms with Crippen LogP contribution in [0.4, 0.5) is 0 Å². The normalized spacial score (nSPS) is 15.8. The largest absolute Gasteiger partial charge is 0.481 e. The van der Waals surface area contributed by atoms with Crippen LogP contribution in [0.15, 0.2) is 24.5 Å². The number of hydrogen-bond donors (Lipinski definition) is 1. The molecule has 0 atom stereocenters. The molecule has 1 N–H and O–H groups in total. The molecule has 0 radical (unpaired) electrons. The summed E-state index contributed by atoms with van der Waals surface area (Å²) in [5.74, 6) is -1.04. The summed E-state index contributed by atoms with van der Waals surface area (Å²) in [7, 11) is 0. The third kappa shape index (κ3) is 3.77. The Morgan fingerprint density at radius 1 is 1.30 bits per heavy atom. The fourth-order valence-corrected chi connectivity index (χ4v) is 2.32. The Morgan fingerprint density at radius 3 is 2.55 bits per heavy atom. The van der Waals surface area contributed by atoms with Crippen molar-refractivity contribution >= 4 is 11.9 Å². The van der Waals surface area contributed by atoms with Gasteiger partial charge in [0.15, 0.2) is 0 Å². The number of hydrogen-bond acceptors (Lipinski definition) is 4. The van der Waals surface area contributed by atoms with Crippen molar-refractivity contribution in [3.05, 3.63) is 30.1 Å². The summed E-state index contributed by atoms with van der Waals surface area (Å²) in [6, 6.07) is 3.34. The van der Waals surface area contributed by atoms with Crippen molar-refractivity contribution in [2.75, 3.05) is 19.8 Å². The van der Waals surface area contributed by atoms with Gasteiger partial charge in [0.05, 0.1) is 6.42 Å². The van der Waals surface area contributed by atoms with Crippen molar-refractivity contribution in [1.82, 2.24) is 9.88 Å². The van der Waals surface area contributed by atoms with Crippen LogP contribution < -0.4 is 0 Å². The standard InChI is InChI=1S/C14H18N2O4/c17-13(18)3-8-16(12-4-9-20-10-5-12)14(19)11-1-6-15-7-2-11/h1-2,6-7,12H,3-5,8-10H2,(H,17,18). The Hall–Kier alpha value is -1.95. The molecule has 6 nitrogen and oxygen atoms in total. The van der Waals surface area contributed by atoms with Gasteiger partial charge in [-0.25, -0.2) is 0 Å². The Labute approximate surface area is 117 Å². The number of carboxylic acid groups (broad SMARTS) is 1. The smallest absolute Gasteiger partial charge is 0.305 e. The number of pyridine rings is 1. The van der Waals surface area contributed by atoms with E-state index < -0.39 is 5.97 Å².